The lowest BCUT2D eigenvalue weighted by Crippen LogP contribution is -2.25. The molecule has 1 heterocycles. The predicted molar refractivity (Wildman–Crippen MR) is 68.2 cm³/mol. The molecule has 1 unspecified atom stereocenters. The van der Waals surface area contributed by atoms with Crippen LogP contribution in [0.3, 0.4) is 0 Å². The molecule has 1 aromatic heterocycles. The molecule has 0 bridgehead atoms. The van der Waals surface area contributed by atoms with Gasteiger partial charge in [0.2, 0.25) is 0 Å². The van der Waals surface area contributed by atoms with Crippen LogP contribution >= 0.6 is 11.3 Å². The first-order valence-electron chi connectivity index (χ1n) is 5.52. The van der Waals surface area contributed by atoms with Gasteiger partial charge in [0.05, 0.1) is 6.61 Å². The summed E-state index contributed by atoms with van der Waals surface area (Å²) in [6, 6.07) is 7.96. The smallest absolute Gasteiger partial charge is 0.335 e. The minimum Gasteiger partial charge on any atom is -0.464 e. The van der Waals surface area contributed by atoms with E-state index in [1.165, 1.54) is 4.70 Å². The van der Waals surface area contributed by atoms with Gasteiger partial charge in [-0.2, -0.15) is 0 Å². The number of hydrogen-bond acceptors (Lipinski definition) is 4. The summed E-state index contributed by atoms with van der Waals surface area (Å²) in [4.78, 5) is 11.3. The highest BCUT2D eigenvalue weighted by atomic mass is 32.1. The summed E-state index contributed by atoms with van der Waals surface area (Å²) in [5.74, 6) is -0.553. The van der Waals surface area contributed by atoms with E-state index in [4.69, 9.17) is 4.74 Å². The van der Waals surface area contributed by atoms with E-state index in [9.17, 15) is 9.90 Å². The number of fused-ring (bicyclic) bond motifs is 1. The van der Waals surface area contributed by atoms with Crippen molar-refractivity contribution < 1.29 is 14.6 Å². The quantitative estimate of drug-likeness (QED) is 0.847. The van der Waals surface area contributed by atoms with E-state index < -0.39 is 12.1 Å². The second-order valence-electron chi connectivity index (χ2n) is 3.73. The Hall–Kier alpha value is -1.39. The van der Waals surface area contributed by atoms with E-state index in [-0.39, 0.29) is 0 Å². The van der Waals surface area contributed by atoms with Gasteiger partial charge in [-0.15, -0.1) is 11.3 Å². The van der Waals surface area contributed by atoms with Crippen LogP contribution < -0.4 is 0 Å². The highest BCUT2D eigenvalue weighted by Gasteiger charge is 2.18. The highest BCUT2D eigenvalue weighted by Crippen LogP contribution is 2.26. The van der Waals surface area contributed by atoms with Crippen molar-refractivity contribution in [2.75, 3.05) is 6.61 Å². The molecule has 0 spiro atoms. The molecule has 2 rings (SSSR count). The number of carbonyl (C=O) groups excluding carboxylic acids is 1. The monoisotopic (exact) mass is 250 g/mol. The van der Waals surface area contributed by atoms with E-state index >= 15 is 0 Å². The Kier molecular flexibility index (Phi) is 3.76. The lowest BCUT2D eigenvalue weighted by molar-refractivity contribution is -0.152. The van der Waals surface area contributed by atoms with Crippen LogP contribution in [0.25, 0.3) is 10.1 Å². The molecule has 0 saturated carbocycles. The fourth-order valence-electron chi connectivity index (χ4n) is 1.72. The third-order valence-electron chi connectivity index (χ3n) is 2.53. The van der Waals surface area contributed by atoms with Gasteiger partial charge in [-0.3, -0.25) is 0 Å². The van der Waals surface area contributed by atoms with Crippen LogP contribution in [-0.4, -0.2) is 23.8 Å². The van der Waals surface area contributed by atoms with Gasteiger partial charge in [0, 0.05) is 11.1 Å². The first-order valence-corrected chi connectivity index (χ1v) is 6.40. The van der Waals surface area contributed by atoms with Crippen molar-refractivity contribution in [2.45, 2.75) is 19.4 Å². The molecule has 1 N–H and O–H groups in total. The fraction of sp³-hybridized carbons (Fsp3) is 0.308. The van der Waals surface area contributed by atoms with Gasteiger partial charge in [-0.1, -0.05) is 18.2 Å². The van der Waals surface area contributed by atoms with Gasteiger partial charge < -0.3 is 9.84 Å². The molecule has 17 heavy (non-hydrogen) atoms. The van der Waals surface area contributed by atoms with Gasteiger partial charge in [0.25, 0.3) is 0 Å². The Morgan fingerprint density at radius 1 is 1.47 bits per heavy atom. The van der Waals surface area contributed by atoms with Gasteiger partial charge in [-0.25, -0.2) is 4.79 Å². The van der Waals surface area contributed by atoms with Crippen LogP contribution in [0.15, 0.2) is 29.6 Å². The minimum atomic E-state index is -1.08. The summed E-state index contributed by atoms with van der Waals surface area (Å²) in [6.07, 6.45) is -0.768. The second-order valence-corrected chi connectivity index (χ2v) is 4.64. The lowest BCUT2D eigenvalue weighted by atomic mass is 10.1. The van der Waals surface area contributed by atoms with Crippen molar-refractivity contribution in [3.63, 3.8) is 0 Å². The molecular formula is C13H14O3S. The minimum absolute atomic E-state index is 0.292. The van der Waals surface area contributed by atoms with Crippen LogP contribution in [0.2, 0.25) is 0 Å². The molecule has 0 aliphatic carbocycles. The molecule has 1 aromatic carbocycles. The first-order chi connectivity index (χ1) is 8.22. The Morgan fingerprint density at radius 3 is 3.00 bits per heavy atom. The van der Waals surface area contributed by atoms with Crippen molar-refractivity contribution in [2.24, 2.45) is 0 Å². The first kappa shape index (κ1) is 12.1. The molecule has 0 aliphatic rings. The molecule has 1 atom stereocenters. The van der Waals surface area contributed by atoms with Gasteiger partial charge in [-0.05, 0) is 29.3 Å². The molecule has 0 saturated heterocycles. The van der Waals surface area contributed by atoms with Gasteiger partial charge in [0.15, 0.2) is 6.10 Å². The van der Waals surface area contributed by atoms with E-state index in [1.807, 2.05) is 29.6 Å². The maximum atomic E-state index is 11.3. The van der Waals surface area contributed by atoms with Crippen molar-refractivity contribution in [1.82, 2.24) is 0 Å². The third kappa shape index (κ3) is 2.65. The normalized spacial score (nSPS) is 12.6. The average molecular weight is 250 g/mol. The van der Waals surface area contributed by atoms with E-state index in [2.05, 4.69) is 0 Å². The number of rotatable bonds is 4. The SMILES string of the molecule is CCOC(=O)C(O)Cc1csc2ccccc12. The summed E-state index contributed by atoms with van der Waals surface area (Å²) in [5, 5.41) is 12.8. The number of benzene rings is 1. The highest BCUT2D eigenvalue weighted by molar-refractivity contribution is 7.17. The zero-order chi connectivity index (χ0) is 12.3. The number of thiophene rings is 1. The fourth-order valence-corrected chi connectivity index (χ4v) is 2.70. The third-order valence-corrected chi connectivity index (χ3v) is 3.55. The number of carbonyl (C=O) groups is 1. The van der Waals surface area contributed by atoms with E-state index in [0.717, 1.165) is 10.9 Å². The van der Waals surface area contributed by atoms with E-state index in [1.54, 1.807) is 18.3 Å². The molecule has 0 aliphatic heterocycles. The molecule has 0 fully saturated rings. The topological polar surface area (TPSA) is 46.5 Å². The number of ether oxygens (including phenoxy) is 1. The lowest BCUT2D eigenvalue weighted by Gasteiger charge is -2.08. The zero-order valence-corrected chi connectivity index (χ0v) is 10.4. The van der Waals surface area contributed by atoms with Crippen LogP contribution in [0.4, 0.5) is 0 Å². The molecule has 0 amide bonds. The number of aliphatic hydroxyl groups is 1. The van der Waals surface area contributed by atoms with Crippen molar-refractivity contribution in [3.05, 3.63) is 35.2 Å². The Balaban J connectivity index is 2.16. The average Bonchev–Trinajstić information content (AvgIpc) is 2.73. The van der Waals surface area contributed by atoms with Crippen molar-refractivity contribution in [1.29, 1.82) is 0 Å². The maximum Gasteiger partial charge on any atom is 0.335 e. The second kappa shape index (κ2) is 5.29. The number of hydrogen-bond donors (Lipinski definition) is 1. The summed E-state index contributed by atoms with van der Waals surface area (Å²) >= 11 is 1.62. The molecule has 0 radical (unpaired) electrons. The van der Waals surface area contributed by atoms with Crippen molar-refractivity contribution in [3.8, 4) is 0 Å². The summed E-state index contributed by atoms with van der Waals surface area (Å²) in [6.45, 7) is 2.02. The summed E-state index contributed by atoms with van der Waals surface area (Å²) in [7, 11) is 0. The van der Waals surface area contributed by atoms with Gasteiger partial charge >= 0.3 is 5.97 Å². The van der Waals surface area contributed by atoms with Gasteiger partial charge in [0.1, 0.15) is 0 Å². The summed E-state index contributed by atoms with van der Waals surface area (Å²) < 4.78 is 5.94. The van der Waals surface area contributed by atoms with Crippen LogP contribution in [-0.2, 0) is 16.0 Å². The molecule has 90 valence electrons. The summed E-state index contributed by atoms with van der Waals surface area (Å²) in [5.41, 5.74) is 0.992. The van der Waals surface area contributed by atoms with Crippen LogP contribution in [0, 0.1) is 0 Å². The maximum absolute atomic E-state index is 11.3. The Labute approximate surface area is 104 Å². The Bertz CT molecular complexity index is 518. The van der Waals surface area contributed by atoms with Crippen LogP contribution in [0.5, 0.6) is 0 Å². The predicted octanol–water partition coefficient (Wildman–Crippen LogP) is 2.37. The molecule has 2 aromatic rings. The Morgan fingerprint density at radius 2 is 2.24 bits per heavy atom. The van der Waals surface area contributed by atoms with Crippen LogP contribution in [0.1, 0.15) is 12.5 Å². The zero-order valence-electron chi connectivity index (χ0n) is 9.55. The molecule has 3 nitrogen and oxygen atoms in total. The van der Waals surface area contributed by atoms with Crippen molar-refractivity contribution >= 4 is 27.4 Å². The molecular weight excluding hydrogens is 236 g/mol. The number of aliphatic hydroxyl groups excluding tert-OH is 1. The number of esters is 1. The molecule has 4 heteroatoms. The standard InChI is InChI=1S/C13H14O3S/c1-2-16-13(15)11(14)7-9-8-17-12-6-4-3-5-10(9)12/h3-6,8,11,14H,2,7H2,1H3. The largest absolute Gasteiger partial charge is 0.464 e. The van der Waals surface area contributed by atoms with E-state index in [0.29, 0.717) is 13.0 Å².